The molecule has 4 nitrogen and oxygen atoms in total. The van der Waals surface area contributed by atoms with Crippen LogP contribution in [0.3, 0.4) is 0 Å². The Morgan fingerprint density at radius 3 is 2.50 bits per heavy atom. The van der Waals surface area contributed by atoms with E-state index in [4.69, 9.17) is 0 Å². The lowest BCUT2D eigenvalue weighted by atomic mass is 10.1. The average molecular weight is 370 g/mol. The predicted octanol–water partition coefficient (Wildman–Crippen LogP) is 4.46. The molecule has 3 aromatic rings. The van der Waals surface area contributed by atoms with Crippen LogP contribution in [-0.4, -0.2) is 17.9 Å². The fraction of sp³-hybridized carbons (Fsp3) is 0.167. The first-order valence-electron chi connectivity index (χ1n) is 9.53. The molecule has 2 amide bonds. The number of benzene rings is 3. The van der Waals surface area contributed by atoms with Crippen LogP contribution < -0.4 is 10.2 Å². The number of anilines is 2. The summed E-state index contributed by atoms with van der Waals surface area (Å²) in [5.74, 6) is -0.332. The zero-order valence-electron chi connectivity index (χ0n) is 15.8. The topological polar surface area (TPSA) is 49.4 Å². The molecule has 0 fully saturated rings. The van der Waals surface area contributed by atoms with Crippen molar-refractivity contribution in [3.8, 4) is 0 Å². The summed E-state index contributed by atoms with van der Waals surface area (Å²) in [4.78, 5) is 28.0. The van der Waals surface area contributed by atoms with Gasteiger partial charge >= 0.3 is 0 Å². The highest BCUT2D eigenvalue weighted by molar-refractivity contribution is 6.13. The van der Waals surface area contributed by atoms with Crippen LogP contribution >= 0.6 is 0 Å². The van der Waals surface area contributed by atoms with E-state index < -0.39 is 6.04 Å². The SMILES string of the molecule is CCc1cccc(NC(=O)C2Cc3ccccc3N2C(=O)c2ccccc2)c1. The van der Waals surface area contributed by atoms with Crippen LogP contribution in [0.5, 0.6) is 0 Å². The van der Waals surface area contributed by atoms with Gasteiger partial charge in [-0.25, -0.2) is 0 Å². The summed E-state index contributed by atoms with van der Waals surface area (Å²) in [5, 5.41) is 3.00. The highest BCUT2D eigenvalue weighted by Gasteiger charge is 2.38. The molecule has 1 aliphatic heterocycles. The smallest absolute Gasteiger partial charge is 0.259 e. The fourth-order valence-corrected chi connectivity index (χ4v) is 3.66. The van der Waals surface area contributed by atoms with E-state index in [0.717, 1.165) is 28.9 Å². The van der Waals surface area contributed by atoms with Crippen LogP contribution in [0.2, 0.25) is 0 Å². The number of hydrogen-bond acceptors (Lipinski definition) is 2. The largest absolute Gasteiger partial charge is 0.324 e. The van der Waals surface area contributed by atoms with Crippen molar-refractivity contribution in [3.05, 3.63) is 95.6 Å². The Labute approximate surface area is 164 Å². The fourth-order valence-electron chi connectivity index (χ4n) is 3.66. The van der Waals surface area contributed by atoms with Gasteiger partial charge in [0, 0.05) is 23.4 Å². The summed E-state index contributed by atoms with van der Waals surface area (Å²) < 4.78 is 0. The predicted molar refractivity (Wildman–Crippen MR) is 112 cm³/mol. The lowest BCUT2D eigenvalue weighted by Gasteiger charge is -2.25. The first-order valence-corrected chi connectivity index (χ1v) is 9.53. The lowest BCUT2D eigenvalue weighted by molar-refractivity contribution is -0.117. The third kappa shape index (κ3) is 3.41. The van der Waals surface area contributed by atoms with Crippen molar-refractivity contribution < 1.29 is 9.59 Å². The Kier molecular flexibility index (Phi) is 4.94. The average Bonchev–Trinajstić information content (AvgIpc) is 3.14. The third-order valence-electron chi connectivity index (χ3n) is 5.12. The molecule has 4 rings (SSSR count). The molecule has 1 unspecified atom stereocenters. The molecule has 28 heavy (non-hydrogen) atoms. The van der Waals surface area contributed by atoms with Gasteiger partial charge in [-0.15, -0.1) is 0 Å². The van der Waals surface area contributed by atoms with Crippen molar-refractivity contribution in [1.29, 1.82) is 0 Å². The van der Waals surface area contributed by atoms with Crippen molar-refractivity contribution >= 4 is 23.2 Å². The second-order valence-corrected chi connectivity index (χ2v) is 6.93. The quantitative estimate of drug-likeness (QED) is 0.737. The highest BCUT2D eigenvalue weighted by Crippen LogP contribution is 2.34. The monoisotopic (exact) mass is 370 g/mol. The van der Waals surface area contributed by atoms with Crippen LogP contribution in [0.1, 0.15) is 28.4 Å². The summed E-state index contributed by atoms with van der Waals surface area (Å²) in [6, 6.07) is 24.1. The number of carbonyl (C=O) groups is 2. The van der Waals surface area contributed by atoms with Gasteiger partial charge in [-0.05, 0) is 47.9 Å². The van der Waals surface area contributed by atoms with Crippen LogP contribution in [0.15, 0.2) is 78.9 Å². The highest BCUT2D eigenvalue weighted by atomic mass is 16.2. The van der Waals surface area contributed by atoms with Crippen LogP contribution in [0.25, 0.3) is 0 Å². The van der Waals surface area contributed by atoms with Gasteiger partial charge in [0.15, 0.2) is 0 Å². The number of nitrogens with one attached hydrogen (secondary N) is 1. The summed E-state index contributed by atoms with van der Waals surface area (Å²) >= 11 is 0. The number of hydrogen-bond donors (Lipinski definition) is 1. The molecule has 4 heteroatoms. The second kappa shape index (κ2) is 7.69. The molecule has 140 valence electrons. The van der Waals surface area contributed by atoms with Crippen molar-refractivity contribution in [2.45, 2.75) is 25.8 Å². The Bertz CT molecular complexity index is 1010. The van der Waals surface area contributed by atoms with E-state index >= 15 is 0 Å². The van der Waals surface area contributed by atoms with Gasteiger partial charge in [0.05, 0.1) is 0 Å². The lowest BCUT2D eigenvalue weighted by Crippen LogP contribution is -2.45. The molecule has 0 radical (unpaired) electrons. The minimum absolute atomic E-state index is 0.159. The van der Waals surface area contributed by atoms with E-state index in [9.17, 15) is 9.59 Å². The Morgan fingerprint density at radius 1 is 0.964 bits per heavy atom. The van der Waals surface area contributed by atoms with Crippen molar-refractivity contribution in [1.82, 2.24) is 0 Å². The maximum Gasteiger partial charge on any atom is 0.259 e. The standard InChI is InChI=1S/C24H22N2O2/c1-2-17-9-8-13-20(15-17)25-23(27)22-16-19-12-6-7-14-21(19)26(22)24(28)18-10-4-3-5-11-18/h3-15,22H,2,16H2,1H3,(H,25,27). The van der Waals surface area contributed by atoms with Crippen molar-refractivity contribution in [2.75, 3.05) is 10.2 Å². The summed E-state index contributed by atoms with van der Waals surface area (Å²) in [6.07, 6.45) is 1.41. The number of fused-ring (bicyclic) bond motifs is 1. The molecule has 0 aromatic heterocycles. The first kappa shape index (κ1) is 18.0. The molecule has 0 saturated carbocycles. The zero-order valence-corrected chi connectivity index (χ0v) is 15.8. The maximum absolute atomic E-state index is 13.2. The normalized spacial score (nSPS) is 15.2. The van der Waals surface area contributed by atoms with Gasteiger partial charge in [-0.2, -0.15) is 0 Å². The van der Waals surface area contributed by atoms with E-state index in [0.29, 0.717) is 12.0 Å². The molecule has 0 spiro atoms. The third-order valence-corrected chi connectivity index (χ3v) is 5.12. The Hall–Kier alpha value is -3.40. The molecule has 1 atom stereocenters. The van der Waals surface area contributed by atoms with Gasteiger partial charge in [0.2, 0.25) is 5.91 Å². The number of para-hydroxylation sites is 1. The minimum Gasteiger partial charge on any atom is -0.324 e. The first-order chi connectivity index (χ1) is 13.7. The van der Waals surface area contributed by atoms with E-state index in [1.165, 1.54) is 0 Å². The molecule has 0 bridgehead atoms. The maximum atomic E-state index is 13.2. The minimum atomic E-state index is -0.574. The van der Waals surface area contributed by atoms with Gasteiger partial charge < -0.3 is 5.32 Å². The van der Waals surface area contributed by atoms with Crippen LogP contribution in [-0.2, 0) is 17.6 Å². The van der Waals surface area contributed by atoms with Gasteiger partial charge in [-0.3, -0.25) is 14.5 Å². The molecular weight excluding hydrogens is 348 g/mol. The van der Waals surface area contributed by atoms with E-state index in [1.807, 2.05) is 66.7 Å². The van der Waals surface area contributed by atoms with Crippen molar-refractivity contribution in [2.24, 2.45) is 0 Å². The van der Waals surface area contributed by atoms with Crippen molar-refractivity contribution in [3.63, 3.8) is 0 Å². The van der Waals surface area contributed by atoms with Gasteiger partial charge in [0.25, 0.3) is 5.91 Å². The molecular formula is C24H22N2O2. The molecule has 1 aliphatic rings. The zero-order chi connectivity index (χ0) is 19.5. The van der Waals surface area contributed by atoms with Crippen LogP contribution in [0, 0.1) is 0 Å². The second-order valence-electron chi connectivity index (χ2n) is 6.93. The molecule has 0 aliphatic carbocycles. The molecule has 1 N–H and O–H groups in total. The summed E-state index contributed by atoms with van der Waals surface area (Å²) in [5.41, 5.74) is 4.30. The molecule has 0 saturated heterocycles. The molecule has 3 aromatic carbocycles. The summed E-state index contributed by atoms with van der Waals surface area (Å²) in [6.45, 7) is 2.08. The summed E-state index contributed by atoms with van der Waals surface area (Å²) in [7, 11) is 0. The van der Waals surface area contributed by atoms with Gasteiger partial charge in [0.1, 0.15) is 6.04 Å². The number of rotatable bonds is 4. The Morgan fingerprint density at radius 2 is 1.71 bits per heavy atom. The Balaban J connectivity index is 1.65. The van der Waals surface area contributed by atoms with Crippen LogP contribution in [0.4, 0.5) is 11.4 Å². The number of amides is 2. The number of carbonyl (C=O) groups excluding carboxylic acids is 2. The van der Waals surface area contributed by atoms with E-state index in [-0.39, 0.29) is 11.8 Å². The number of nitrogens with zero attached hydrogens (tertiary/aromatic N) is 1. The van der Waals surface area contributed by atoms with Gasteiger partial charge in [-0.1, -0.05) is 55.5 Å². The molecule has 1 heterocycles. The van der Waals surface area contributed by atoms with E-state index in [1.54, 1.807) is 17.0 Å². The van der Waals surface area contributed by atoms with E-state index in [2.05, 4.69) is 12.2 Å². The number of aryl methyl sites for hydroxylation is 1.